The Labute approximate surface area is 175 Å². The van der Waals surface area contributed by atoms with Gasteiger partial charge in [0.15, 0.2) is 0 Å². The number of benzene rings is 1. The maximum Gasteiger partial charge on any atom is 0.326 e. The minimum atomic E-state index is -1.23. The molecule has 3 aliphatic rings. The van der Waals surface area contributed by atoms with Crippen LogP contribution in [0.25, 0.3) is 0 Å². The first kappa shape index (κ1) is 20.4. The standard InChI is InChI=1S/C22H28N2O4S/c1-22(21(27)28-3)17-16(19(25)24(2)20(17)26)18(23-22)13-9-11-15(12-10-13)29-14-7-5-4-6-8-14/h9-12,14,16-18,23H,4-8H2,1-3H3/t16?,17?,18?,22-/m1/s1. The van der Waals surface area contributed by atoms with Crippen LogP contribution in [0.4, 0.5) is 0 Å². The summed E-state index contributed by atoms with van der Waals surface area (Å²) in [6, 6.07) is 7.80. The number of likely N-dealkylation sites (tertiary alicyclic amines) is 1. The highest BCUT2D eigenvalue weighted by Gasteiger charge is 2.66. The Morgan fingerprint density at radius 3 is 2.41 bits per heavy atom. The van der Waals surface area contributed by atoms with Crippen LogP contribution in [-0.4, -0.2) is 47.6 Å². The van der Waals surface area contributed by atoms with Crippen molar-refractivity contribution in [3.05, 3.63) is 29.8 Å². The molecule has 2 aliphatic heterocycles. The molecule has 6 nitrogen and oxygen atoms in total. The average molecular weight is 417 g/mol. The Morgan fingerprint density at radius 1 is 1.14 bits per heavy atom. The van der Waals surface area contributed by atoms with Crippen molar-refractivity contribution in [1.29, 1.82) is 0 Å². The summed E-state index contributed by atoms with van der Waals surface area (Å²) in [4.78, 5) is 40.4. The van der Waals surface area contributed by atoms with Crippen molar-refractivity contribution in [2.24, 2.45) is 11.8 Å². The molecule has 0 aromatic heterocycles. The third-order valence-electron chi connectivity index (χ3n) is 6.71. The molecular formula is C22H28N2O4S. The van der Waals surface area contributed by atoms with Gasteiger partial charge in [0.25, 0.3) is 0 Å². The lowest BCUT2D eigenvalue weighted by Crippen LogP contribution is -2.53. The van der Waals surface area contributed by atoms with Crippen LogP contribution in [-0.2, 0) is 19.1 Å². The van der Waals surface area contributed by atoms with Gasteiger partial charge in [-0.3, -0.25) is 24.6 Å². The van der Waals surface area contributed by atoms with Crippen molar-refractivity contribution in [2.45, 2.75) is 60.8 Å². The van der Waals surface area contributed by atoms with Crippen molar-refractivity contribution in [3.63, 3.8) is 0 Å². The van der Waals surface area contributed by atoms with Crippen LogP contribution in [0.3, 0.4) is 0 Å². The highest BCUT2D eigenvalue weighted by molar-refractivity contribution is 8.00. The van der Waals surface area contributed by atoms with Gasteiger partial charge in [-0.05, 0) is 37.5 Å². The zero-order valence-electron chi connectivity index (χ0n) is 17.1. The highest BCUT2D eigenvalue weighted by atomic mass is 32.2. The van der Waals surface area contributed by atoms with Gasteiger partial charge in [-0.2, -0.15) is 0 Å². The molecule has 1 aromatic carbocycles. The number of esters is 1. The molecule has 2 heterocycles. The van der Waals surface area contributed by atoms with Gasteiger partial charge in [-0.1, -0.05) is 31.4 Å². The first-order valence-corrected chi connectivity index (χ1v) is 11.2. The second kappa shape index (κ2) is 7.76. The Balaban J connectivity index is 1.59. The lowest BCUT2D eigenvalue weighted by atomic mass is 9.80. The van der Waals surface area contributed by atoms with Gasteiger partial charge in [-0.15, -0.1) is 11.8 Å². The van der Waals surface area contributed by atoms with E-state index in [1.807, 2.05) is 23.9 Å². The van der Waals surface area contributed by atoms with Gasteiger partial charge < -0.3 is 4.74 Å². The number of ether oxygens (including phenoxy) is 1. The second-order valence-electron chi connectivity index (χ2n) is 8.50. The summed E-state index contributed by atoms with van der Waals surface area (Å²) >= 11 is 1.92. The Hall–Kier alpha value is -1.86. The molecule has 1 N–H and O–H groups in total. The summed E-state index contributed by atoms with van der Waals surface area (Å²) in [5.41, 5.74) is -0.311. The number of fused-ring (bicyclic) bond motifs is 1. The molecule has 0 bridgehead atoms. The summed E-state index contributed by atoms with van der Waals surface area (Å²) in [6.07, 6.45) is 6.48. The molecule has 3 fully saturated rings. The van der Waals surface area contributed by atoms with E-state index in [0.29, 0.717) is 5.25 Å². The molecule has 2 saturated heterocycles. The fraction of sp³-hybridized carbons (Fsp3) is 0.591. The summed E-state index contributed by atoms with van der Waals surface area (Å²) in [5.74, 6) is -2.45. The third-order valence-corrected chi connectivity index (χ3v) is 8.06. The van der Waals surface area contributed by atoms with E-state index in [-0.39, 0.29) is 11.8 Å². The van der Waals surface area contributed by atoms with Crippen LogP contribution in [0.5, 0.6) is 0 Å². The van der Waals surface area contributed by atoms with E-state index in [4.69, 9.17) is 4.74 Å². The van der Waals surface area contributed by atoms with Crippen LogP contribution < -0.4 is 5.32 Å². The first-order valence-electron chi connectivity index (χ1n) is 10.3. The van der Waals surface area contributed by atoms with Crippen LogP contribution in [0.15, 0.2) is 29.2 Å². The Bertz CT molecular complexity index is 821. The van der Waals surface area contributed by atoms with Crippen molar-refractivity contribution >= 4 is 29.5 Å². The second-order valence-corrected chi connectivity index (χ2v) is 9.88. The Morgan fingerprint density at radius 2 is 1.79 bits per heavy atom. The number of hydrogen-bond donors (Lipinski definition) is 1. The maximum atomic E-state index is 12.8. The highest BCUT2D eigenvalue weighted by Crippen LogP contribution is 2.48. The summed E-state index contributed by atoms with van der Waals surface area (Å²) < 4.78 is 4.97. The quantitative estimate of drug-likeness (QED) is 0.601. The van der Waals surface area contributed by atoms with Gasteiger partial charge in [0.2, 0.25) is 11.8 Å². The van der Waals surface area contributed by atoms with E-state index in [1.54, 1.807) is 6.92 Å². The molecule has 2 amide bonds. The molecule has 4 rings (SSSR count). The number of nitrogens with one attached hydrogen (secondary N) is 1. The van der Waals surface area contributed by atoms with Crippen molar-refractivity contribution < 1.29 is 19.1 Å². The van der Waals surface area contributed by atoms with E-state index in [0.717, 1.165) is 10.5 Å². The molecule has 0 radical (unpaired) electrons. The fourth-order valence-electron chi connectivity index (χ4n) is 5.10. The number of imide groups is 1. The van der Waals surface area contributed by atoms with E-state index < -0.39 is 29.4 Å². The molecule has 0 spiro atoms. The molecule has 1 saturated carbocycles. The summed E-state index contributed by atoms with van der Waals surface area (Å²) in [6.45, 7) is 1.66. The van der Waals surface area contributed by atoms with E-state index in [1.165, 1.54) is 51.2 Å². The number of methoxy groups -OCH3 is 1. The van der Waals surface area contributed by atoms with Crippen molar-refractivity contribution in [2.75, 3.05) is 14.2 Å². The van der Waals surface area contributed by atoms with Gasteiger partial charge in [0.05, 0.1) is 18.9 Å². The number of rotatable bonds is 4. The molecule has 156 valence electrons. The zero-order chi connectivity index (χ0) is 20.8. The number of amides is 2. The van der Waals surface area contributed by atoms with Crippen molar-refractivity contribution in [1.82, 2.24) is 10.2 Å². The average Bonchev–Trinajstić information content (AvgIpc) is 3.18. The first-order chi connectivity index (χ1) is 13.9. The molecule has 1 aromatic rings. The SMILES string of the molecule is COC(=O)[C@]1(C)NC(c2ccc(SC3CCCCC3)cc2)C2C(=O)N(C)C(=O)C21. The maximum absolute atomic E-state index is 12.8. The lowest BCUT2D eigenvalue weighted by Gasteiger charge is -2.28. The molecule has 1 aliphatic carbocycles. The minimum Gasteiger partial charge on any atom is -0.468 e. The normalized spacial score (nSPS) is 32.5. The van der Waals surface area contributed by atoms with E-state index in [9.17, 15) is 14.4 Å². The number of carbonyl (C=O) groups excluding carboxylic acids is 3. The predicted molar refractivity (Wildman–Crippen MR) is 110 cm³/mol. The molecule has 4 atom stereocenters. The number of carbonyl (C=O) groups is 3. The monoisotopic (exact) mass is 416 g/mol. The van der Waals surface area contributed by atoms with Gasteiger partial charge >= 0.3 is 5.97 Å². The van der Waals surface area contributed by atoms with Gasteiger partial charge in [0.1, 0.15) is 5.54 Å². The molecule has 29 heavy (non-hydrogen) atoms. The lowest BCUT2D eigenvalue weighted by molar-refractivity contribution is -0.152. The zero-order valence-corrected chi connectivity index (χ0v) is 18.0. The molecule has 3 unspecified atom stereocenters. The fourth-order valence-corrected chi connectivity index (χ4v) is 6.35. The van der Waals surface area contributed by atoms with Crippen LogP contribution in [0, 0.1) is 11.8 Å². The Kier molecular flexibility index (Phi) is 5.46. The number of thioether (sulfide) groups is 1. The molecular weight excluding hydrogens is 388 g/mol. The van der Waals surface area contributed by atoms with Gasteiger partial charge in [-0.25, -0.2) is 0 Å². The predicted octanol–water partition coefficient (Wildman–Crippen LogP) is 2.92. The largest absolute Gasteiger partial charge is 0.468 e. The summed E-state index contributed by atoms with van der Waals surface area (Å²) in [7, 11) is 2.79. The number of hydrogen-bond acceptors (Lipinski definition) is 6. The smallest absolute Gasteiger partial charge is 0.326 e. The molecule has 7 heteroatoms. The van der Waals surface area contributed by atoms with Crippen LogP contribution >= 0.6 is 11.8 Å². The van der Waals surface area contributed by atoms with Crippen molar-refractivity contribution in [3.8, 4) is 0 Å². The van der Waals surface area contributed by atoms with Crippen LogP contribution in [0.1, 0.15) is 50.6 Å². The number of nitrogens with zero attached hydrogens (tertiary/aromatic N) is 1. The van der Waals surface area contributed by atoms with E-state index >= 15 is 0 Å². The van der Waals surface area contributed by atoms with Gasteiger partial charge in [0, 0.05) is 23.2 Å². The van der Waals surface area contributed by atoms with Crippen LogP contribution in [0.2, 0.25) is 0 Å². The minimum absolute atomic E-state index is 0.245. The van der Waals surface area contributed by atoms with E-state index in [2.05, 4.69) is 17.4 Å². The summed E-state index contributed by atoms with van der Waals surface area (Å²) in [5, 5.41) is 3.94. The third kappa shape index (κ3) is 3.38. The topological polar surface area (TPSA) is 75.7 Å².